The molecule has 2 aromatic heterocycles. The number of hydrogen-bond donors (Lipinski definition) is 1. The molecule has 0 atom stereocenters. The van der Waals surface area contributed by atoms with Gasteiger partial charge in [0.05, 0.1) is 37.4 Å². The van der Waals surface area contributed by atoms with Gasteiger partial charge < -0.3 is 24.3 Å². The van der Waals surface area contributed by atoms with E-state index in [2.05, 4.69) is 22.0 Å². The Hall–Kier alpha value is -3.01. The summed E-state index contributed by atoms with van der Waals surface area (Å²) in [5.74, 6) is 0.150. The number of amides is 1. The third kappa shape index (κ3) is 4.89. The fourth-order valence-corrected chi connectivity index (χ4v) is 5.78. The number of morpholine rings is 2. The number of nitrogens with one attached hydrogen (secondary N) is 1. The van der Waals surface area contributed by atoms with Crippen LogP contribution in [0.5, 0.6) is 0 Å². The number of aromatic amines is 1. The van der Waals surface area contributed by atoms with Crippen LogP contribution in [0.25, 0.3) is 21.9 Å². The van der Waals surface area contributed by atoms with Gasteiger partial charge in [-0.2, -0.15) is 0 Å². The number of nitrogens with zero attached hydrogens (tertiary/aromatic N) is 3. The molecular formula is C26H30N4O4S. The molecule has 0 unspecified atom stereocenters. The molecule has 1 N–H and O–H groups in total. The zero-order valence-electron chi connectivity index (χ0n) is 20.1. The van der Waals surface area contributed by atoms with Crippen LogP contribution in [0.3, 0.4) is 0 Å². The van der Waals surface area contributed by atoms with E-state index in [1.54, 1.807) is 4.90 Å². The number of H-pyrrole nitrogens is 1. The summed E-state index contributed by atoms with van der Waals surface area (Å²) in [6, 6.07) is 8.12. The summed E-state index contributed by atoms with van der Waals surface area (Å²) >= 11 is 1.50. The summed E-state index contributed by atoms with van der Waals surface area (Å²) < 4.78 is 10.9. The predicted molar refractivity (Wildman–Crippen MR) is 139 cm³/mol. The number of benzene rings is 1. The van der Waals surface area contributed by atoms with Crippen molar-refractivity contribution in [2.75, 3.05) is 57.5 Å². The maximum absolute atomic E-state index is 13.6. The lowest BCUT2D eigenvalue weighted by atomic mass is 10.1. The molecule has 8 nitrogen and oxygen atoms in total. The number of carbonyl (C=O) groups excluding carboxylic acids is 1. The number of aryl methyl sites for hydroxylation is 2. The Balaban J connectivity index is 1.55. The summed E-state index contributed by atoms with van der Waals surface area (Å²) in [6.45, 7) is 9.24. The van der Waals surface area contributed by atoms with Crippen molar-refractivity contribution in [1.29, 1.82) is 0 Å². The van der Waals surface area contributed by atoms with Gasteiger partial charge in [-0.15, -0.1) is 11.3 Å². The predicted octanol–water partition coefficient (Wildman–Crippen LogP) is 3.09. The van der Waals surface area contributed by atoms with Crippen LogP contribution in [0.1, 0.15) is 28.8 Å². The summed E-state index contributed by atoms with van der Waals surface area (Å²) in [7, 11) is 0. The monoisotopic (exact) mass is 494 g/mol. The van der Waals surface area contributed by atoms with Gasteiger partial charge in [-0.3, -0.25) is 9.59 Å². The number of rotatable bonds is 5. The van der Waals surface area contributed by atoms with Crippen molar-refractivity contribution >= 4 is 44.8 Å². The average Bonchev–Trinajstić information content (AvgIpc) is 3.23. The van der Waals surface area contributed by atoms with E-state index in [-0.39, 0.29) is 11.5 Å². The number of anilines is 1. The van der Waals surface area contributed by atoms with Crippen molar-refractivity contribution in [1.82, 2.24) is 14.9 Å². The van der Waals surface area contributed by atoms with Gasteiger partial charge in [0.15, 0.2) is 0 Å². The molecule has 1 amide bonds. The van der Waals surface area contributed by atoms with Gasteiger partial charge >= 0.3 is 0 Å². The maximum Gasteiger partial charge on any atom is 0.260 e. The summed E-state index contributed by atoms with van der Waals surface area (Å²) in [5.41, 5.74) is 3.20. The fraction of sp³-hybridized carbons (Fsp3) is 0.423. The van der Waals surface area contributed by atoms with Crippen LogP contribution in [0.4, 0.5) is 5.69 Å². The molecular weight excluding hydrogens is 464 g/mol. The minimum absolute atomic E-state index is 0.156. The van der Waals surface area contributed by atoms with Crippen LogP contribution in [0.2, 0.25) is 0 Å². The molecule has 0 radical (unpaired) electrons. The van der Waals surface area contributed by atoms with Crippen LogP contribution in [0, 0.1) is 6.92 Å². The van der Waals surface area contributed by atoms with Gasteiger partial charge in [0, 0.05) is 36.7 Å². The van der Waals surface area contributed by atoms with E-state index in [1.807, 2.05) is 32.1 Å². The standard InChI is InChI=1S/C26H30N4O4S/c1-3-20-17(2)35-25-22(20)24(31)27-23(28-25)21(26(32)30-10-14-34-15-11-30)16-18-4-6-19(7-5-18)29-8-12-33-13-9-29/h4-7,16H,3,8-15H2,1-2H3,(H,27,28,31)/b21-16+. The Kier molecular flexibility index (Phi) is 6.99. The smallest absolute Gasteiger partial charge is 0.260 e. The molecule has 35 heavy (non-hydrogen) atoms. The zero-order valence-corrected chi connectivity index (χ0v) is 21.0. The second-order valence-corrected chi connectivity index (χ2v) is 9.94. The molecule has 9 heteroatoms. The van der Waals surface area contributed by atoms with Gasteiger partial charge in [-0.05, 0) is 42.7 Å². The second-order valence-electron chi connectivity index (χ2n) is 8.74. The Morgan fingerprint density at radius 2 is 1.74 bits per heavy atom. The molecule has 2 aliphatic heterocycles. The normalized spacial score (nSPS) is 17.3. The summed E-state index contributed by atoms with van der Waals surface area (Å²) in [5, 5.41) is 0.631. The summed E-state index contributed by atoms with van der Waals surface area (Å²) in [4.78, 5) is 40.2. The van der Waals surface area contributed by atoms with Crippen molar-refractivity contribution in [3.05, 3.63) is 56.4 Å². The number of ether oxygens (including phenoxy) is 2. The van der Waals surface area contributed by atoms with Crippen molar-refractivity contribution in [2.45, 2.75) is 20.3 Å². The molecule has 1 aromatic carbocycles. The quantitative estimate of drug-likeness (QED) is 0.549. The van der Waals surface area contributed by atoms with Crippen molar-refractivity contribution in [2.24, 2.45) is 0 Å². The Morgan fingerprint density at radius 1 is 1.09 bits per heavy atom. The first-order valence-corrected chi connectivity index (χ1v) is 12.9. The molecule has 2 aliphatic rings. The van der Waals surface area contributed by atoms with E-state index in [4.69, 9.17) is 14.5 Å². The van der Waals surface area contributed by atoms with Crippen molar-refractivity contribution in [3.8, 4) is 0 Å². The highest BCUT2D eigenvalue weighted by Crippen LogP contribution is 2.29. The lowest BCUT2D eigenvalue weighted by Gasteiger charge is -2.29. The van der Waals surface area contributed by atoms with E-state index < -0.39 is 0 Å². The first-order valence-electron chi connectivity index (χ1n) is 12.1. The third-order valence-electron chi connectivity index (χ3n) is 6.58. The lowest BCUT2D eigenvalue weighted by molar-refractivity contribution is -0.128. The topological polar surface area (TPSA) is 87.8 Å². The van der Waals surface area contributed by atoms with E-state index in [0.717, 1.165) is 54.4 Å². The number of thiophene rings is 1. The minimum Gasteiger partial charge on any atom is -0.378 e. The van der Waals surface area contributed by atoms with Crippen LogP contribution in [0.15, 0.2) is 29.1 Å². The van der Waals surface area contributed by atoms with Gasteiger partial charge in [-0.25, -0.2) is 4.98 Å². The van der Waals surface area contributed by atoms with E-state index in [1.165, 1.54) is 11.3 Å². The largest absolute Gasteiger partial charge is 0.378 e. The van der Waals surface area contributed by atoms with Crippen LogP contribution < -0.4 is 10.5 Å². The van der Waals surface area contributed by atoms with Gasteiger partial charge in [-0.1, -0.05) is 19.1 Å². The number of hydrogen-bond acceptors (Lipinski definition) is 7. The Morgan fingerprint density at radius 3 is 2.40 bits per heavy atom. The Bertz CT molecular complexity index is 1300. The average molecular weight is 495 g/mol. The highest BCUT2D eigenvalue weighted by atomic mass is 32.1. The molecule has 0 saturated carbocycles. The van der Waals surface area contributed by atoms with E-state index in [0.29, 0.717) is 47.9 Å². The van der Waals surface area contributed by atoms with Crippen LogP contribution in [-0.2, 0) is 20.7 Å². The van der Waals surface area contributed by atoms with Gasteiger partial charge in [0.2, 0.25) is 0 Å². The number of fused-ring (bicyclic) bond motifs is 1. The maximum atomic E-state index is 13.6. The zero-order chi connectivity index (χ0) is 24.4. The van der Waals surface area contributed by atoms with E-state index >= 15 is 0 Å². The molecule has 0 aliphatic carbocycles. The first-order chi connectivity index (χ1) is 17.0. The summed E-state index contributed by atoms with van der Waals surface area (Å²) in [6.07, 6.45) is 2.59. The molecule has 3 aromatic rings. The highest BCUT2D eigenvalue weighted by Gasteiger charge is 2.25. The van der Waals surface area contributed by atoms with E-state index in [9.17, 15) is 9.59 Å². The highest BCUT2D eigenvalue weighted by molar-refractivity contribution is 7.18. The molecule has 0 bridgehead atoms. The first kappa shape index (κ1) is 23.7. The number of carbonyl (C=O) groups is 1. The third-order valence-corrected chi connectivity index (χ3v) is 7.62. The Labute approximate surface area is 208 Å². The SMILES string of the molecule is CCc1c(C)sc2nc(/C(=C\c3ccc(N4CCOCC4)cc3)C(=O)N3CCOCC3)[nH]c(=O)c12. The molecule has 184 valence electrons. The van der Waals surface area contributed by atoms with Gasteiger partial charge in [0.1, 0.15) is 10.7 Å². The van der Waals surface area contributed by atoms with Crippen LogP contribution >= 0.6 is 11.3 Å². The fourth-order valence-electron chi connectivity index (χ4n) is 4.67. The van der Waals surface area contributed by atoms with Crippen LogP contribution in [-0.4, -0.2) is 73.4 Å². The number of aromatic nitrogens is 2. The second kappa shape index (κ2) is 10.3. The molecule has 2 saturated heterocycles. The van der Waals surface area contributed by atoms with Crippen molar-refractivity contribution in [3.63, 3.8) is 0 Å². The minimum atomic E-state index is -0.199. The lowest BCUT2D eigenvalue weighted by Crippen LogP contribution is -2.41. The molecule has 0 spiro atoms. The van der Waals surface area contributed by atoms with Gasteiger partial charge in [0.25, 0.3) is 11.5 Å². The molecule has 4 heterocycles. The molecule has 5 rings (SSSR count). The van der Waals surface area contributed by atoms with Crippen molar-refractivity contribution < 1.29 is 14.3 Å². The molecule has 2 fully saturated rings.